The highest BCUT2D eigenvalue weighted by molar-refractivity contribution is 7.14. The number of aromatic nitrogens is 1. The molecule has 22 heavy (non-hydrogen) atoms. The van der Waals surface area contributed by atoms with E-state index in [4.69, 9.17) is 0 Å². The normalized spacial score (nSPS) is 21.2. The first-order valence-electron chi connectivity index (χ1n) is 7.83. The molecule has 1 saturated heterocycles. The van der Waals surface area contributed by atoms with Crippen LogP contribution in [0.25, 0.3) is 0 Å². The number of thiazole rings is 1. The fraction of sp³-hybridized carbons (Fsp3) is 0.500. The van der Waals surface area contributed by atoms with Gasteiger partial charge in [0.25, 0.3) is 5.91 Å². The van der Waals surface area contributed by atoms with Crippen LogP contribution in [-0.4, -0.2) is 28.4 Å². The van der Waals surface area contributed by atoms with Gasteiger partial charge in [0.05, 0.1) is 16.9 Å². The van der Waals surface area contributed by atoms with Crippen molar-refractivity contribution in [3.05, 3.63) is 38.5 Å². The Kier molecular flexibility index (Phi) is 3.98. The van der Waals surface area contributed by atoms with Crippen LogP contribution < -0.4 is 5.32 Å². The molecule has 2 aliphatic rings. The number of carbonyl (C=O) groups is 1. The van der Waals surface area contributed by atoms with Crippen molar-refractivity contribution in [1.29, 1.82) is 0 Å². The van der Waals surface area contributed by atoms with Crippen LogP contribution in [0, 0.1) is 0 Å². The van der Waals surface area contributed by atoms with Gasteiger partial charge >= 0.3 is 0 Å². The van der Waals surface area contributed by atoms with E-state index in [-0.39, 0.29) is 5.91 Å². The summed E-state index contributed by atoms with van der Waals surface area (Å²) in [4.78, 5) is 22.4. The fourth-order valence-electron chi connectivity index (χ4n) is 2.97. The van der Waals surface area contributed by atoms with Crippen molar-refractivity contribution >= 4 is 28.6 Å². The van der Waals surface area contributed by atoms with Gasteiger partial charge in [-0.05, 0) is 44.4 Å². The van der Waals surface area contributed by atoms with Crippen LogP contribution in [0.15, 0.2) is 23.8 Å². The zero-order chi connectivity index (χ0) is 14.9. The molecule has 1 aliphatic carbocycles. The second-order valence-electron chi connectivity index (χ2n) is 5.98. The molecule has 0 radical (unpaired) electrons. The average molecular weight is 333 g/mol. The van der Waals surface area contributed by atoms with Gasteiger partial charge in [0.1, 0.15) is 0 Å². The van der Waals surface area contributed by atoms with E-state index in [2.05, 4.69) is 16.4 Å². The summed E-state index contributed by atoms with van der Waals surface area (Å²) in [6.07, 6.45) is 6.54. The molecule has 0 bridgehead atoms. The predicted octanol–water partition coefficient (Wildman–Crippen LogP) is 3.43. The molecular weight excluding hydrogens is 314 g/mol. The molecule has 116 valence electrons. The smallest absolute Gasteiger partial charge is 0.264 e. The van der Waals surface area contributed by atoms with Crippen molar-refractivity contribution in [2.24, 2.45) is 0 Å². The average Bonchev–Trinajstić information content (AvgIpc) is 3.01. The summed E-state index contributed by atoms with van der Waals surface area (Å²) in [6, 6.07) is 5.00. The Morgan fingerprint density at radius 2 is 2.27 bits per heavy atom. The number of nitrogens with one attached hydrogen (secondary N) is 1. The molecule has 1 aliphatic heterocycles. The summed E-state index contributed by atoms with van der Waals surface area (Å²) in [5, 5.41) is 3.50. The molecule has 0 aromatic carbocycles. The molecule has 1 atom stereocenters. The van der Waals surface area contributed by atoms with Gasteiger partial charge in [-0.2, -0.15) is 0 Å². The molecule has 1 N–H and O–H groups in total. The van der Waals surface area contributed by atoms with E-state index < -0.39 is 0 Å². The summed E-state index contributed by atoms with van der Waals surface area (Å²) in [6.45, 7) is 1.79. The van der Waals surface area contributed by atoms with Crippen molar-refractivity contribution < 1.29 is 4.79 Å². The maximum absolute atomic E-state index is 12.9. The van der Waals surface area contributed by atoms with Crippen LogP contribution in [0.3, 0.4) is 0 Å². The van der Waals surface area contributed by atoms with Gasteiger partial charge in [-0.15, -0.1) is 22.7 Å². The van der Waals surface area contributed by atoms with E-state index in [1.54, 1.807) is 22.7 Å². The van der Waals surface area contributed by atoms with Crippen LogP contribution in [0.1, 0.15) is 51.2 Å². The highest BCUT2D eigenvalue weighted by atomic mass is 32.1. The number of amides is 1. The third-order valence-corrected chi connectivity index (χ3v) is 6.25. The quantitative estimate of drug-likeness (QED) is 0.912. The maximum atomic E-state index is 12.9. The number of rotatable bonds is 5. The van der Waals surface area contributed by atoms with Crippen LogP contribution in [0.4, 0.5) is 0 Å². The number of hydrogen-bond donors (Lipinski definition) is 1. The van der Waals surface area contributed by atoms with Gasteiger partial charge in [0, 0.05) is 28.0 Å². The molecule has 4 rings (SSSR count). The number of thiophene rings is 1. The number of carbonyl (C=O) groups excluding carboxylic acids is 1. The van der Waals surface area contributed by atoms with Crippen molar-refractivity contribution in [1.82, 2.24) is 15.2 Å². The van der Waals surface area contributed by atoms with E-state index in [1.165, 1.54) is 17.7 Å². The molecule has 1 unspecified atom stereocenters. The molecule has 2 aromatic rings. The molecule has 0 spiro atoms. The maximum Gasteiger partial charge on any atom is 0.264 e. The summed E-state index contributed by atoms with van der Waals surface area (Å²) < 4.78 is 0. The minimum atomic E-state index is 0.185. The van der Waals surface area contributed by atoms with Crippen molar-refractivity contribution in [2.45, 2.75) is 44.3 Å². The highest BCUT2D eigenvalue weighted by Gasteiger charge is 2.34. The predicted molar refractivity (Wildman–Crippen MR) is 89.3 cm³/mol. The SMILES string of the molecule is O=C(c1ccc(C2CCCN2)s1)N(Cc1cncs1)C1CC1. The zero-order valence-electron chi connectivity index (χ0n) is 12.3. The summed E-state index contributed by atoms with van der Waals surface area (Å²) >= 11 is 3.28. The Morgan fingerprint density at radius 1 is 1.36 bits per heavy atom. The number of nitrogens with zero attached hydrogens (tertiary/aromatic N) is 2. The lowest BCUT2D eigenvalue weighted by Crippen LogP contribution is -2.31. The zero-order valence-corrected chi connectivity index (χ0v) is 14.0. The fourth-order valence-corrected chi connectivity index (χ4v) is 4.63. The second kappa shape index (κ2) is 6.10. The highest BCUT2D eigenvalue weighted by Crippen LogP contribution is 2.34. The first-order valence-corrected chi connectivity index (χ1v) is 9.52. The third-order valence-electron chi connectivity index (χ3n) is 4.30. The molecule has 4 nitrogen and oxygen atoms in total. The van der Waals surface area contributed by atoms with Crippen LogP contribution in [0.5, 0.6) is 0 Å². The Morgan fingerprint density at radius 3 is 2.95 bits per heavy atom. The topological polar surface area (TPSA) is 45.2 Å². The largest absolute Gasteiger partial charge is 0.330 e. The van der Waals surface area contributed by atoms with Gasteiger partial charge < -0.3 is 10.2 Å². The van der Waals surface area contributed by atoms with E-state index >= 15 is 0 Å². The molecule has 1 amide bonds. The molecule has 1 saturated carbocycles. The van der Waals surface area contributed by atoms with Crippen molar-refractivity contribution in [3.8, 4) is 0 Å². The van der Waals surface area contributed by atoms with Gasteiger partial charge in [-0.1, -0.05) is 0 Å². The van der Waals surface area contributed by atoms with Crippen LogP contribution >= 0.6 is 22.7 Å². The Balaban J connectivity index is 1.51. The number of hydrogen-bond acceptors (Lipinski definition) is 5. The monoisotopic (exact) mass is 333 g/mol. The van der Waals surface area contributed by atoms with Crippen LogP contribution in [0.2, 0.25) is 0 Å². The Labute approximate surface area is 138 Å². The molecule has 6 heteroatoms. The Bertz CT molecular complexity index is 642. The first kappa shape index (κ1) is 14.4. The Hall–Kier alpha value is -1.24. The third kappa shape index (κ3) is 2.95. The first-order chi connectivity index (χ1) is 10.8. The van der Waals surface area contributed by atoms with E-state index in [1.807, 2.05) is 22.7 Å². The lowest BCUT2D eigenvalue weighted by molar-refractivity contribution is 0.0736. The van der Waals surface area contributed by atoms with Gasteiger partial charge in [-0.3, -0.25) is 9.78 Å². The minimum Gasteiger partial charge on any atom is -0.330 e. The van der Waals surface area contributed by atoms with E-state index in [0.717, 1.165) is 29.1 Å². The van der Waals surface area contributed by atoms with Crippen molar-refractivity contribution in [2.75, 3.05) is 6.54 Å². The van der Waals surface area contributed by atoms with Crippen molar-refractivity contribution in [3.63, 3.8) is 0 Å². The lowest BCUT2D eigenvalue weighted by atomic mass is 10.2. The minimum absolute atomic E-state index is 0.185. The summed E-state index contributed by atoms with van der Waals surface area (Å²) in [5.74, 6) is 0.185. The standard InChI is InChI=1S/C16H19N3OS2/c20-16(15-6-5-14(22-15)13-2-1-7-18-13)19(11-3-4-11)9-12-8-17-10-21-12/h5-6,8,10-11,13,18H,1-4,7,9H2. The molecule has 2 fully saturated rings. The van der Waals surface area contributed by atoms with E-state index in [0.29, 0.717) is 18.6 Å². The lowest BCUT2D eigenvalue weighted by Gasteiger charge is -2.20. The molecular formula is C16H19N3OS2. The van der Waals surface area contributed by atoms with Crippen LogP contribution in [-0.2, 0) is 6.54 Å². The molecule has 3 heterocycles. The summed E-state index contributed by atoms with van der Waals surface area (Å²) in [5.41, 5.74) is 1.83. The summed E-state index contributed by atoms with van der Waals surface area (Å²) in [7, 11) is 0. The van der Waals surface area contributed by atoms with Gasteiger partial charge in [-0.25, -0.2) is 0 Å². The molecule has 2 aromatic heterocycles. The van der Waals surface area contributed by atoms with E-state index in [9.17, 15) is 4.79 Å². The van der Waals surface area contributed by atoms with Gasteiger partial charge in [0.15, 0.2) is 0 Å². The second-order valence-corrected chi connectivity index (χ2v) is 8.07. The van der Waals surface area contributed by atoms with Gasteiger partial charge in [0.2, 0.25) is 0 Å².